The quantitative estimate of drug-likeness (QED) is 0.682. The maximum Gasteiger partial charge on any atom is 0.150 e. The smallest absolute Gasteiger partial charge is 0.150 e. The lowest BCUT2D eigenvalue weighted by molar-refractivity contribution is 0.0185. The van der Waals surface area contributed by atoms with Crippen molar-refractivity contribution in [3.8, 4) is 5.75 Å². The first kappa shape index (κ1) is 13.0. The molecule has 1 aromatic carbocycles. The van der Waals surface area contributed by atoms with Crippen LogP contribution in [-0.4, -0.2) is 23.0 Å². The number of benzene rings is 1. The third-order valence-corrected chi connectivity index (χ3v) is 2.74. The number of carbonyl (C=O) groups excluding carboxylic acids is 1. The minimum Gasteiger partial charge on any atom is -0.508 e. The second kappa shape index (κ2) is 4.82. The van der Waals surface area contributed by atoms with Crippen LogP contribution in [-0.2, 0) is 5.72 Å². The van der Waals surface area contributed by atoms with Crippen molar-refractivity contribution in [1.29, 1.82) is 0 Å². The molecule has 0 bridgehead atoms. The van der Waals surface area contributed by atoms with Gasteiger partial charge in [-0.15, -0.1) is 12.4 Å². The number of aldehydes is 1. The standard InChI is InChI=1S/C11H13NO3.ClH/c13-7-8-2-3-10(14)9(6-8)11(15)4-1-5-12-11;/h2-3,6-7,12,14-15H,1,4-5H2;1H/t11-;/m1./s1. The Bertz CT molecular complexity index is 389. The van der Waals surface area contributed by atoms with Gasteiger partial charge in [-0.1, -0.05) is 0 Å². The molecule has 1 atom stereocenters. The van der Waals surface area contributed by atoms with Crippen molar-refractivity contribution in [3.05, 3.63) is 29.3 Å². The zero-order chi connectivity index (χ0) is 10.9. The lowest BCUT2D eigenvalue weighted by Crippen LogP contribution is -2.36. The number of aromatic hydroxyl groups is 1. The fraction of sp³-hybridized carbons (Fsp3) is 0.364. The number of rotatable bonds is 2. The summed E-state index contributed by atoms with van der Waals surface area (Å²) in [6.07, 6.45) is 2.09. The maximum atomic E-state index is 10.6. The molecule has 1 aliphatic rings. The summed E-state index contributed by atoms with van der Waals surface area (Å²) in [5.74, 6) is 0.0116. The van der Waals surface area contributed by atoms with Gasteiger partial charge in [0.2, 0.25) is 0 Å². The molecule has 0 spiro atoms. The molecule has 1 fully saturated rings. The van der Waals surface area contributed by atoms with Crippen molar-refractivity contribution in [1.82, 2.24) is 5.32 Å². The third-order valence-electron chi connectivity index (χ3n) is 2.74. The van der Waals surface area contributed by atoms with Crippen LogP contribution >= 0.6 is 12.4 Å². The van der Waals surface area contributed by atoms with Crippen LogP contribution in [0.2, 0.25) is 0 Å². The number of nitrogens with one attached hydrogen (secondary N) is 1. The Kier molecular flexibility index (Phi) is 3.91. The second-order valence-electron chi connectivity index (χ2n) is 3.79. The van der Waals surface area contributed by atoms with Gasteiger partial charge in [0, 0.05) is 11.1 Å². The van der Waals surface area contributed by atoms with E-state index in [-0.39, 0.29) is 18.2 Å². The van der Waals surface area contributed by atoms with Crippen molar-refractivity contribution in [2.75, 3.05) is 6.54 Å². The first-order valence-electron chi connectivity index (χ1n) is 4.92. The van der Waals surface area contributed by atoms with Gasteiger partial charge in [-0.2, -0.15) is 0 Å². The number of aliphatic hydroxyl groups is 1. The monoisotopic (exact) mass is 243 g/mol. The molecule has 0 radical (unpaired) electrons. The van der Waals surface area contributed by atoms with Crippen molar-refractivity contribution in [2.24, 2.45) is 0 Å². The predicted molar refractivity (Wildman–Crippen MR) is 61.9 cm³/mol. The van der Waals surface area contributed by atoms with E-state index in [0.717, 1.165) is 6.42 Å². The minimum atomic E-state index is -1.19. The molecule has 1 saturated heterocycles. The van der Waals surface area contributed by atoms with E-state index in [1.807, 2.05) is 0 Å². The van der Waals surface area contributed by atoms with Crippen LogP contribution in [0.4, 0.5) is 0 Å². The molecule has 0 aliphatic carbocycles. The third kappa shape index (κ3) is 2.19. The van der Waals surface area contributed by atoms with E-state index in [2.05, 4.69) is 5.32 Å². The number of hydrogen-bond acceptors (Lipinski definition) is 4. The lowest BCUT2D eigenvalue weighted by atomic mass is 9.98. The first-order valence-corrected chi connectivity index (χ1v) is 4.92. The summed E-state index contributed by atoms with van der Waals surface area (Å²) in [4.78, 5) is 10.6. The molecule has 1 heterocycles. The summed E-state index contributed by atoms with van der Waals surface area (Å²) in [6.45, 7) is 0.710. The Morgan fingerprint density at radius 3 is 2.75 bits per heavy atom. The zero-order valence-electron chi connectivity index (χ0n) is 8.64. The average Bonchev–Trinajstić information content (AvgIpc) is 2.67. The molecule has 88 valence electrons. The molecule has 2 rings (SSSR count). The van der Waals surface area contributed by atoms with Crippen LogP contribution in [0, 0.1) is 0 Å². The van der Waals surface area contributed by atoms with E-state index >= 15 is 0 Å². The average molecular weight is 244 g/mol. The van der Waals surface area contributed by atoms with Crippen LogP contribution in [0.3, 0.4) is 0 Å². The van der Waals surface area contributed by atoms with Crippen LogP contribution < -0.4 is 5.32 Å². The molecule has 1 aliphatic heterocycles. The number of phenolic OH excluding ortho intramolecular Hbond substituents is 1. The van der Waals surface area contributed by atoms with Crippen molar-refractivity contribution < 1.29 is 15.0 Å². The molecular weight excluding hydrogens is 230 g/mol. The van der Waals surface area contributed by atoms with Gasteiger partial charge in [0.25, 0.3) is 0 Å². The van der Waals surface area contributed by atoms with E-state index in [9.17, 15) is 15.0 Å². The van der Waals surface area contributed by atoms with Crippen molar-refractivity contribution in [3.63, 3.8) is 0 Å². The summed E-state index contributed by atoms with van der Waals surface area (Å²) < 4.78 is 0. The molecule has 1 aromatic rings. The Morgan fingerprint density at radius 1 is 1.44 bits per heavy atom. The van der Waals surface area contributed by atoms with E-state index < -0.39 is 5.72 Å². The number of phenols is 1. The molecule has 0 aromatic heterocycles. The van der Waals surface area contributed by atoms with Crippen LogP contribution in [0.15, 0.2) is 18.2 Å². The largest absolute Gasteiger partial charge is 0.508 e. The molecule has 0 unspecified atom stereocenters. The summed E-state index contributed by atoms with van der Waals surface area (Å²) >= 11 is 0. The highest BCUT2D eigenvalue weighted by molar-refractivity contribution is 5.85. The van der Waals surface area contributed by atoms with E-state index in [1.165, 1.54) is 18.2 Å². The summed E-state index contributed by atoms with van der Waals surface area (Å²) in [5, 5.41) is 22.7. The summed E-state index contributed by atoms with van der Waals surface area (Å²) in [7, 11) is 0. The van der Waals surface area contributed by atoms with Gasteiger partial charge < -0.3 is 10.2 Å². The van der Waals surface area contributed by atoms with E-state index in [4.69, 9.17) is 0 Å². The van der Waals surface area contributed by atoms with Gasteiger partial charge >= 0.3 is 0 Å². The highest BCUT2D eigenvalue weighted by Gasteiger charge is 2.34. The highest BCUT2D eigenvalue weighted by Crippen LogP contribution is 2.34. The minimum absolute atomic E-state index is 0. The Morgan fingerprint density at radius 2 is 2.19 bits per heavy atom. The fourth-order valence-corrected chi connectivity index (χ4v) is 1.92. The van der Waals surface area contributed by atoms with Gasteiger partial charge in [0.05, 0.1) is 0 Å². The van der Waals surface area contributed by atoms with Crippen LogP contribution in [0.5, 0.6) is 5.75 Å². The van der Waals surface area contributed by atoms with Crippen molar-refractivity contribution >= 4 is 18.7 Å². The van der Waals surface area contributed by atoms with Crippen molar-refractivity contribution in [2.45, 2.75) is 18.6 Å². The van der Waals surface area contributed by atoms with Gasteiger partial charge in [-0.05, 0) is 37.6 Å². The number of hydrogen-bond donors (Lipinski definition) is 3. The highest BCUT2D eigenvalue weighted by atomic mass is 35.5. The molecule has 0 saturated carbocycles. The molecule has 16 heavy (non-hydrogen) atoms. The number of halogens is 1. The summed E-state index contributed by atoms with van der Waals surface area (Å²) in [6, 6.07) is 4.46. The van der Waals surface area contributed by atoms with Gasteiger partial charge in [0.15, 0.2) is 0 Å². The number of carbonyl (C=O) groups is 1. The van der Waals surface area contributed by atoms with E-state index in [1.54, 1.807) is 0 Å². The Labute approximate surface area is 99.7 Å². The SMILES string of the molecule is Cl.O=Cc1ccc(O)c([C@]2(O)CCCN2)c1. The topological polar surface area (TPSA) is 69.6 Å². The Balaban J connectivity index is 0.00000128. The van der Waals surface area contributed by atoms with Gasteiger partial charge in [-0.25, -0.2) is 0 Å². The fourth-order valence-electron chi connectivity index (χ4n) is 1.92. The Hall–Kier alpha value is -1.10. The molecule has 4 nitrogen and oxygen atoms in total. The van der Waals surface area contributed by atoms with Crippen LogP contribution in [0.25, 0.3) is 0 Å². The predicted octanol–water partition coefficient (Wildman–Crippen LogP) is 1.16. The lowest BCUT2D eigenvalue weighted by Gasteiger charge is -2.24. The maximum absolute atomic E-state index is 10.6. The molecule has 0 amide bonds. The van der Waals surface area contributed by atoms with Crippen LogP contribution in [0.1, 0.15) is 28.8 Å². The van der Waals surface area contributed by atoms with E-state index in [0.29, 0.717) is 30.4 Å². The first-order chi connectivity index (χ1) is 7.15. The summed E-state index contributed by atoms with van der Waals surface area (Å²) in [5.41, 5.74) is -0.363. The molecular formula is C11H14ClNO3. The van der Waals surface area contributed by atoms with Gasteiger partial charge in [-0.3, -0.25) is 10.1 Å². The molecule has 3 N–H and O–H groups in total. The molecule has 5 heteroatoms. The normalized spacial score (nSPS) is 23.8. The van der Waals surface area contributed by atoms with Gasteiger partial charge in [0.1, 0.15) is 17.8 Å². The zero-order valence-corrected chi connectivity index (χ0v) is 9.46. The second-order valence-corrected chi connectivity index (χ2v) is 3.79.